The molecule has 5 rings (SSSR count). The number of aromatic nitrogens is 1. The van der Waals surface area contributed by atoms with Gasteiger partial charge in [0.15, 0.2) is 0 Å². The number of rotatable bonds is 5. The molecule has 1 aliphatic carbocycles. The number of hydrogen-bond acceptors (Lipinski definition) is 4. The topological polar surface area (TPSA) is 63.6 Å². The van der Waals surface area contributed by atoms with Crippen LogP contribution in [-0.4, -0.2) is 40.0 Å². The van der Waals surface area contributed by atoms with Crippen LogP contribution in [0.2, 0.25) is 0 Å². The molecule has 2 aliphatic rings. The van der Waals surface area contributed by atoms with Crippen LogP contribution in [0.15, 0.2) is 41.8 Å². The van der Waals surface area contributed by atoms with E-state index in [0.717, 1.165) is 47.2 Å². The van der Waals surface area contributed by atoms with Crippen molar-refractivity contribution in [1.82, 2.24) is 14.8 Å². The molecule has 3 aromatic rings. The highest BCUT2D eigenvalue weighted by molar-refractivity contribution is 7.09. The van der Waals surface area contributed by atoms with E-state index >= 15 is 0 Å². The molecule has 0 bridgehead atoms. The van der Waals surface area contributed by atoms with Gasteiger partial charge in [-0.15, -0.1) is 11.3 Å². The zero-order chi connectivity index (χ0) is 23.0. The van der Waals surface area contributed by atoms with Crippen molar-refractivity contribution in [2.45, 2.75) is 70.1 Å². The fourth-order valence-corrected chi connectivity index (χ4v) is 5.92. The molecule has 6 nitrogen and oxygen atoms in total. The normalized spacial score (nSPS) is 21.6. The first kappa shape index (κ1) is 22.0. The molecule has 1 aliphatic heterocycles. The summed E-state index contributed by atoms with van der Waals surface area (Å²) >= 11 is 1.61. The first-order valence-corrected chi connectivity index (χ1v) is 12.7. The predicted octanol–water partition coefficient (Wildman–Crippen LogP) is 4.97. The van der Waals surface area contributed by atoms with Crippen molar-refractivity contribution < 1.29 is 14.3 Å². The number of carbonyl (C=O) groups is 2. The largest absolute Gasteiger partial charge is 0.497 e. The van der Waals surface area contributed by atoms with Crippen LogP contribution >= 0.6 is 11.3 Å². The van der Waals surface area contributed by atoms with Gasteiger partial charge < -0.3 is 19.5 Å². The van der Waals surface area contributed by atoms with Crippen LogP contribution in [0.4, 0.5) is 0 Å². The Labute approximate surface area is 198 Å². The van der Waals surface area contributed by atoms with Gasteiger partial charge in [0.05, 0.1) is 25.7 Å². The molecule has 0 saturated heterocycles. The first-order chi connectivity index (χ1) is 16.0. The lowest BCUT2D eigenvalue weighted by molar-refractivity contribution is -0.134. The summed E-state index contributed by atoms with van der Waals surface area (Å²) in [5, 5.41) is 6.31. The first-order valence-electron chi connectivity index (χ1n) is 11.8. The Bertz CT molecular complexity index is 1160. The van der Waals surface area contributed by atoms with Crippen LogP contribution in [0.1, 0.15) is 60.8 Å². The zero-order valence-electron chi connectivity index (χ0n) is 19.3. The Morgan fingerprint density at radius 2 is 1.97 bits per heavy atom. The van der Waals surface area contributed by atoms with Gasteiger partial charge in [-0.2, -0.15) is 0 Å². The second-order valence-corrected chi connectivity index (χ2v) is 10.5. The number of fused-ring (bicyclic) bond motifs is 3. The molecule has 174 valence electrons. The van der Waals surface area contributed by atoms with Gasteiger partial charge in [-0.3, -0.25) is 9.59 Å². The molecule has 0 spiro atoms. The summed E-state index contributed by atoms with van der Waals surface area (Å²) in [5.41, 5.74) is 0.548. The molecule has 1 unspecified atom stereocenters. The summed E-state index contributed by atoms with van der Waals surface area (Å²) in [6.45, 7) is 2.75. The molecule has 0 radical (unpaired) electrons. The number of ether oxygens (including phenoxy) is 1. The second-order valence-electron chi connectivity index (χ2n) is 9.45. The van der Waals surface area contributed by atoms with E-state index in [9.17, 15) is 9.59 Å². The lowest BCUT2D eigenvalue weighted by Gasteiger charge is -2.44. The van der Waals surface area contributed by atoms with Crippen LogP contribution in [0.3, 0.4) is 0 Å². The van der Waals surface area contributed by atoms with Gasteiger partial charge >= 0.3 is 0 Å². The van der Waals surface area contributed by atoms with E-state index in [0.29, 0.717) is 18.8 Å². The minimum Gasteiger partial charge on any atom is -0.497 e. The van der Waals surface area contributed by atoms with E-state index in [1.165, 1.54) is 12.8 Å². The average Bonchev–Trinajstić information content (AvgIpc) is 3.38. The van der Waals surface area contributed by atoms with Gasteiger partial charge in [0.25, 0.3) is 5.91 Å². The zero-order valence-corrected chi connectivity index (χ0v) is 20.1. The Hall–Kier alpha value is -2.80. The third kappa shape index (κ3) is 4.03. The van der Waals surface area contributed by atoms with Crippen molar-refractivity contribution in [2.24, 2.45) is 0 Å². The van der Waals surface area contributed by atoms with Gasteiger partial charge in [0, 0.05) is 22.4 Å². The summed E-state index contributed by atoms with van der Waals surface area (Å²) in [7, 11) is 1.64. The molecule has 3 heterocycles. The van der Waals surface area contributed by atoms with E-state index in [1.807, 2.05) is 53.3 Å². The van der Waals surface area contributed by atoms with Crippen LogP contribution in [0, 0.1) is 0 Å². The van der Waals surface area contributed by atoms with Crippen molar-refractivity contribution in [2.75, 3.05) is 7.11 Å². The van der Waals surface area contributed by atoms with E-state index in [1.54, 1.807) is 23.3 Å². The van der Waals surface area contributed by atoms with Crippen LogP contribution < -0.4 is 10.1 Å². The Balaban J connectivity index is 1.54. The Morgan fingerprint density at radius 1 is 1.18 bits per heavy atom. The van der Waals surface area contributed by atoms with E-state index in [4.69, 9.17) is 4.74 Å². The second kappa shape index (κ2) is 8.86. The molecule has 1 aromatic carbocycles. The minimum absolute atomic E-state index is 0.0605. The fraction of sp³-hybridized carbons (Fsp3) is 0.462. The molecular formula is C26H31N3O3S. The van der Waals surface area contributed by atoms with Gasteiger partial charge in [-0.1, -0.05) is 31.7 Å². The van der Waals surface area contributed by atoms with Crippen molar-refractivity contribution >= 4 is 34.1 Å². The van der Waals surface area contributed by atoms with Crippen LogP contribution in [0.5, 0.6) is 5.75 Å². The maximum Gasteiger partial charge on any atom is 0.271 e. The monoisotopic (exact) mass is 465 g/mol. The lowest BCUT2D eigenvalue weighted by atomic mass is 9.93. The minimum atomic E-state index is -0.991. The third-order valence-corrected chi connectivity index (χ3v) is 8.07. The number of nitrogens with one attached hydrogen (secondary N) is 1. The number of hydrogen-bond donors (Lipinski definition) is 1. The van der Waals surface area contributed by atoms with Crippen molar-refractivity contribution in [3.05, 3.63) is 52.3 Å². The molecule has 1 atom stereocenters. The Morgan fingerprint density at radius 3 is 2.67 bits per heavy atom. The summed E-state index contributed by atoms with van der Waals surface area (Å²) in [6.07, 6.45) is 6.77. The van der Waals surface area contributed by atoms with Gasteiger partial charge in [-0.05, 0) is 49.4 Å². The lowest BCUT2D eigenvalue weighted by Crippen LogP contribution is -2.64. The Kier molecular flexibility index (Phi) is 5.91. The van der Waals surface area contributed by atoms with Gasteiger partial charge in [-0.25, -0.2) is 0 Å². The number of amides is 2. The highest BCUT2D eigenvalue weighted by Gasteiger charge is 2.48. The number of nitrogens with zero attached hydrogens (tertiary/aromatic N) is 2. The standard InChI is InChI=1S/C26H31N3O3S/c1-26(25(31)27-19-8-5-3-4-6-9-19)17-28-22-15-20(32-2)12-11-18(22)14-23(28)24(30)29(26)16-21-10-7-13-33-21/h7,10-15,19H,3-6,8-9,16-17H2,1-2H3,(H,27,31). The summed E-state index contributed by atoms with van der Waals surface area (Å²) in [6, 6.07) is 11.9. The highest BCUT2D eigenvalue weighted by Crippen LogP contribution is 2.35. The molecule has 1 saturated carbocycles. The molecule has 2 aromatic heterocycles. The van der Waals surface area contributed by atoms with E-state index in [2.05, 4.69) is 5.32 Å². The van der Waals surface area contributed by atoms with E-state index in [-0.39, 0.29) is 17.9 Å². The smallest absolute Gasteiger partial charge is 0.271 e. The quantitative estimate of drug-likeness (QED) is 0.542. The van der Waals surface area contributed by atoms with Gasteiger partial charge in [0.2, 0.25) is 5.91 Å². The van der Waals surface area contributed by atoms with Crippen molar-refractivity contribution in [3.63, 3.8) is 0 Å². The molecule has 7 heteroatoms. The number of carbonyl (C=O) groups excluding carboxylic acids is 2. The number of benzene rings is 1. The molecule has 1 N–H and O–H groups in total. The predicted molar refractivity (Wildman–Crippen MR) is 131 cm³/mol. The van der Waals surface area contributed by atoms with Crippen LogP contribution in [0.25, 0.3) is 10.9 Å². The number of thiophene rings is 1. The maximum atomic E-state index is 13.8. The highest BCUT2D eigenvalue weighted by atomic mass is 32.1. The summed E-state index contributed by atoms with van der Waals surface area (Å²) in [4.78, 5) is 30.5. The van der Waals surface area contributed by atoms with Gasteiger partial charge in [0.1, 0.15) is 17.0 Å². The van der Waals surface area contributed by atoms with E-state index < -0.39 is 5.54 Å². The van der Waals surface area contributed by atoms with Crippen LogP contribution in [-0.2, 0) is 17.9 Å². The van der Waals surface area contributed by atoms with Crippen molar-refractivity contribution in [1.29, 1.82) is 0 Å². The summed E-state index contributed by atoms with van der Waals surface area (Å²) in [5.74, 6) is 0.569. The third-order valence-electron chi connectivity index (χ3n) is 7.21. The fourth-order valence-electron chi connectivity index (χ4n) is 5.23. The maximum absolute atomic E-state index is 13.8. The number of methoxy groups -OCH3 is 1. The van der Waals surface area contributed by atoms with Crippen molar-refractivity contribution in [3.8, 4) is 5.75 Å². The molecule has 1 fully saturated rings. The molecule has 33 heavy (non-hydrogen) atoms. The SMILES string of the molecule is COc1ccc2cc3n(c2c1)CC(C)(C(=O)NC1CCCCCC1)N(Cc1cccs1)C3=O. The molecular weight excluding hydrogens is 434 g/mol. The average molecular weight is 466 g/mol. The summed E-state index contributed by atoms with van der Waals surface area (Å²) < 4.78 is 7.42. The molecule has 2 amide bonds.